The van der Waals surface area contributed by atoms with Crippen molar-refractivity contribution >= 4 is 27.4 Å². The van der Waals surface area contributed by atoms with E-state index >= 15 is 0 Å². The number of nitrogens with one attached hydrogen (secondary N) is 1. The van der Waals surface area contributed by atoms with Crippen LogP contribution < -0.4 is 5.32 Å². The zero-order valence-electron chi connectivity index (χ0n) is 13.5. The summed E-state index contributed by atoms with van der Waals surface area (Å²) in [6.07, 6.45) is 0.756. The summed E-state index contributed by atoms with van der Waals surface area (Å²) >= 11 is 1.73. The lowest BCUT2D eigenvalue weighted by atomic mass is 10.1. The molecule has 0 aliphatic rings. The van der Waals surface area contributed by atoms with E-state index in [4.69, 9.17) is 9.97 Å². The van der Waals surface area contributed by atoms with E-state index in [1.54, 1.807) is 11.3 Å². The van der Waals surface area contributed by atoms with Gasteiger partial charge in [-0.2, -0.15) is 0 Å². The molecule has 0 spiro atoms. The standard InChI is InChI=1S/C18H21N3S/c1-12-10-14-16(21-18(2,3)4)19-15(20-17(14)22-12)11-13-8-6-5-7-9-13/h5-10H,11H2,1-4H3,(H,19,20,21). The second-order valence-electron chi connectivity index (χ2n) is 6.60. The Bertz CT molecular complexity index is 785. The summed E-state index contributed by atoms with van der Waals surface area (Å²) < 4.78 is 0. The molecule has 0 saturated carbocycles. The molecule has 3 nitrogen and oxygen atoms in total. The Hall–Kier alpha value is -1.94. The Labute approximate surface area is 135 Å². The molecule has 22 heavy (non-hydrogen) atoms. The van der Waals surface area contributed by atoms with Gasteiger partial charge in [0, 0.05) is 16.8 Å². The molecule has 1 N–H and O–H groups in total. The first-order valence-corrected chi connectivity index (χ1v) is 8.31. The largest absolute Gasteiger partial charge is 0.365 e. The van der Waals surface area contributed by atoms with Crippen molar-refractivity contribution in [1.29, 1.82) is 0 Å². The zero-order chi connectivity index (χ0) is 15.7. The van der Waals surface area contributed by atoms with E-state index in [1.807, 2.05) is 6.07 Å². The van der Waals surface area contributed by atoms with Crippen molar-refractivity contribution in [2.75, 3.05) is 5.32 Å². The van der Waals surface area contributed by atoms with Crippen LogP contribution in [0.5, 0.6) is 0 Å². The first kappa shape index (κ1) is 15.0. The van der Waals surface area contributed by atoms with Crippen molar-refractivity contribution in [3.05, 3.63) is 52.7 Å². The fourth-order valence-electron chi connectivity index (χ4n) is 2.39. The van der Waals surface area contributed by atoms with Crippen LogP contribution in [0.2, 0.25) is 0 Å². The SMILES string of the molecule is Cc1cc2c(NC(C)(C)C)nc(Cc3ccccc3)nc2s1. The molecule has 2 heterocycles. The number of rotatable bonds is 3. The van der Waals surface area contributed by atoms with Gasteiger partial charge in [-0.15, -0.1) is 11.3 Å². The lowest BCUT2D eigenvalue weighted by molar-refractivity contribution is 0.630. The third-order valence-corrected chi connectivity index (χ3v) is 4.21. The van der Waals surface area contributed by atoms with Crippen LogP contribution in [0.25, 0.3) is 10.2 Å². The quantitative estimate of drug-likeness (QED) is 0.755. The maximum Gasteiger partial charge on any atom is 0.138 e. The highest BCUT2D eigenvalue weighted by Crippen LogP contribution is 2.30. The summed E-state index contributed by atoms with van der Waals surface area (Å²) in [7, 11) is 0. The topological polar surface area (TPSA) is 37.8 Å². The van der Waals surface area contributed by atoms with E-state index in [9.17, 15) is 0 Å². The van der Waals surface area contributed by atoms with Crippen LogP contribution in [0.1, 0.15) is 37.0 Å². The fraction of sp³-hybridized carbons (Fsp3) is 0.333. The monoisotopic (exact) mass is 311 g/mol. The van der Waals surface area contributed by atoms with Gasteiger partial charge in [0.05, 0.1) is 5.39 Å². The fourth-order valence-corrected chi connectivity index (χ4v) is 3.29. The molecule has 114 valence electrons. The number of thiophene rings is 1. The van der Waals surface area contributed by atoms with Crippen molar-refractivity contribution in [1.82, 2.24) is 9.97 Å². The molecule has 3 rings (SSSR count). The molecule has 2 aromatic heterocycles. The normalized spacial score (nSPS) is 11.8. The number of hydrogen-bond donors (Lipinski definition) is 1. The highest BCUT2D eigenvalue weighted by atomic mass is 32.1. The third-order valence-electron chi connectivity index (χ3n) is 3.26. The molecule has 0 radical (unpaired) electrons. The summed E-state index contributed by atoms with van der Waals surface area (Å²) in [5, 5.41) is 4.64. The Kier molecular flexibility index (Phi) is 3.87. The summed E-state index contributed by atoms with van der Waals surface area (Å²) in [6, 6.07) is 12.5. The minimum Gasteiger partial charge on any atom is -0.365 e. The molecule has 0 fully saturated rings. The van der Waals surface area contributed by atoms with Crippen LogP contribution in [0, 0.1) is 6.92 Å². The molecule has 0 unspecified atom stereocenters. The Morgan fingerprint density at radius 3 is 2.50 bits per heavy atom. The number of aryl methyl sites for hydroxylation is 1. The van der Waals surface area contributed by atoms with E-state index in [0.29, 0.717) is 0 Å². The van der Waals surface area contributed by atoms with Crippen molar-refractivity contribution < 1.29 is 0 Å². The molecule has 0 atom stereocenters. The Morgan fingerprint density at radius 1 is 1.09 bits per heavy atom. The van der Waals surface area contributed by atoms with Gasteiger partial charge in [-0.25, -0.2) is 9.97 Å². The zero-order valence-corrected chi connectivity index (χ0v) is 14.3. The van der Waals surface area contributed by atoms with Gasteiger partial charge in [-0.3, -0.25) is 0 Å². The highest BCUT2D eigenvalue weighted by Gasteiger charge is 2.16. The maximum atomic E-state index is 4.78. The predicted octanol–water partition coefficient (Wildman–Crippen LogP) is 4.80. The summed E-state index contributed by atoms with van der Waals surface area (Å²) in [4.78, 5) is 11.9. The van der Waals surface area contributed by atoms with Gasteiger partial charge in [0.2, 0.25) is 0 Å². The van der Waals surface area contributed by atoms with E-state index in [0.717, 1.165) is 28.3 Å². The molecular formula is C18H21N3S. The minimum absolute atomic E-state index is 0.0266. The third kappa shape index (κ3) is 3.45. The van der Waals surface area contributed by atoms with E-state index < -0.39 is 0 Å². The van der Waals surface area contributed by atoms with Gasteiger partial charge in [-0.1, -0.05) is 30.3 Å². The molecule has 1 aromatic carbocycles. The van der Waals surface area contributed by atoms with Crippen molar-refractivity contribution in [3.63, 3.8) is 0 Å². The van der Waals surface area contributed by atoms with Crippen LogP contribution in [-0.2, 0) is 6.42 Å². The smallest absolute Gasteiger partial charge is 0.138 e. The second kappa shape index (κ2) is 5.69. The van der Waals surface area contributed by atoms with Crippen LogP contribution >= 0.6 is 11.3 Å². The number of fused-ring (bicyclic) bond motifs is 1. The summed E-state index contributed by atoms with van der Waals surface area (Å²) in [5.41, 5.74) is 1.21. The van der Waals surface area contributed by atoms with Crippen LogP contribution in [0.4, 0.5) is 5.82 Å². The van der Waals surface area contributed by atoms with Gasteiger partial charge in [-0.05, 0) is 39.3 Å². The molecule has 4 heteroatoms. The lowest BCUT2D eigenvalue weighted by Crippen LogP contribution is -2.27. The molecule has 3 aromatic rings. The number of aromatic nitrogens is 2. The number of hydrogen-bond acceptors (Lipinski definition) is 4. The maximum absolute atomic E-state index is 4.78. The lowest BCUT2D eigenvalue weighted by Gasteiger charge is -2.22. The Balaban J connectivity index is 2.04. The summed E-state index contributed by atoms with van der Waals surface area (Å²) in [6.45, 7) is 8.56. The Morgan fingerprint density at radius 2 is 1.82 bits per heavy atom. The number of nitrogens with zero attached hydrogens (tertiary/aromatic N) is 2. The molecular weight excluding hydrogens is 290 g/mol. The van der Waals surface area contributed by atoms with Crippen molar-refractivity contribution in [2.24, 2.45) is 0 Å². The molecule has 0 amide bonds. The van der Waals surface area contributed by atoms with Crippen LogP contribution in [0.3, 0.4) is 0 Å². The van der Waals surface area contributed by atoms with Crippen LogP contribution in [0.15, 0.2) is 36.4 Å². The average Bonchev–Trinajstić information content (AvgIpc) is 2.79. The van der Waals surface area contributed by atoms with Crippen molar-refractivity contribution in [2.45, 2.75) is 39.7 Å². The first-order valence-electron chi connectivity index (χ1n) is 7.50. The van der Waals surface area contributed by atoms with Gasteiger partial charge in [0.25, 0.3) is 0 Å². The number of anilines is 1. The van der Waals surface area contributed by atoms with Gasteiger partial charge >= 0.3 is 0 Å². The molecule has 0 aliphatic carbocycles. The second-order valence-corrected chi connectivity index (χ2v) is 7.84. The van der Waals surface area contributed by atoms with Crippen molar-refractivity contribution in [3.8, 4) is 0 Å². The van der Waals surface area contributed by atoms with E-state index in [-0.39, 0.29) is 5.54 Å². The van der Waals surface area contributed by atoms with Crippen LogP contribution in [-0.4, -0.2) is 15.5 Å². The first-order chi connectivity index (χ1) is 10.4. The average molecular weight is 311 g/mol. The molecule has 0 saturated heterocycles. The molecule has 0 aliphatic heterocycles. The minimum atomic E-state index is -0.0266. The van der Waals surface area contributed by atoms with Gasteiger partial charge in [0.1, 0.15) is 16.5 Å². The summed E-state index contributed by atoms with van der Waals surface area (Å²) in [5.74, 6) is 1.81. The van der Waals surface area contributed by atoms with E-state index in [1.165, 1.54) is 10.4 Å². The van der Waals surface area contributed by atoms with Gasteiger partial charge < -0.3 is 5.32 Å². The predicted molar refractivity (Wildman–Crippen MR) is 94.8 cm³/mol. The van der Waals surface area contributed by atoms with E-state index in [2.05, 4.69) is 63.3 Å². The molecule has 0 bridgehead atoms. The van der Waals surface area contributed by atoms with Gasteiger partial charge in [0.15, 0.2) is 0 Å². The number of benzene rings is 1. The highest BCUT2D eigenvalue weighted by molar-refractivity contribution is 7.18.